The Morgan fingerprint density at radius 1 is 1.45 bits per heavy atom. The predicted molar refractivity (Wildman–Crippen MR) is 72.9 cm³/mol. The first-order chi connectivity index (χ1) is 9.63. The minimum absolute atomic E-state index is 0.203. The molecule has 2 aliphatic rings. The number of nitrogens with zero attached hydrogens (tertiary/aromatic N) is 4. The summed E-state index contributed by atoms with van der Waals surface area (Å²) in [4.78, 5) is 20.4. The van der Waals surface area contributed by atoms with Crippen LogP contribution in [0.15, 0.2) is 4.52 Å². The fraction of sp³-hybridized carbons (Fsp3) is 0.786. The summed E-state index contributed by atoms with van der Waals surface area (Å²) >= 11 is 0. The molecule has 1 atom stereocenters. The van der Waals surface area contributed by atoms with Gasteiger partial charge in [0, 0.05) is 32.5 Å². The molecule has 0 N–H and O–H groups in total. The highest BCUT2D eigenvalue weighted by Gasteiger charge is 2.35. The molecule has 6 heteroatoms. The monoisotopic (exact) mass is 278 g/mol. The molecule has 3 rings (SSSR count). The van der Waals surface area contributed by atoms with E-state index in [1.54, 1.807) is 6.92 Å². The lowest BCUT2D eigenvalue weighted by atomic mass is 10.2. The van der Waals surface area contributed by atoms with Crippen molar-refractivity contribution in [3.8, 4) is 0 Å². The normalized spacial score (nSPS) is 23.2. The van der Waals surface area contributed by atoms with E-state index >= 15 is 0 Å². The lowest BCUT2D eigenvalue weighted by Gasteiger charge is -2.29. The number of amides is 1. The number of hydrogen-bond donors (Lipinski definition) is 0. The van der Waals surface area contributed by atoms with Gasteiger partial charge in [0.15, 0.2) is 5.82 Å². The van der Waals surface area contributed by atoms with E-state index in [9.17, 15) is 4.79 Å². The van der Waals surface area contributed by atoms with Crippen molar-refractivity contribution >= 4 is 5.91 Å². The quantitative estimate of drug-likeness (QED) is 0.813. The number of aromatic nitrogens is 2. The molecule has 0 radical (unpaired) electrons. The van der Waals surface area contributed by atoms with E-state index in [0.717, 1.165) is 44.7 Å². The van der Waals surface area contributed by atoms with Crippen LogP contribution in [0.25, 0.3) is 0 Å². The zero-order valence-corrected chi connectivity index (χ0v) is 12.2. The summed E-state index contributed by atoms with van der Waals surface area (Å²) in [6, 6.07) is 0.917. The molecule has 1 aromatic heterocycles. The smallest absolute Gasteiger partial charge is 0.223 e. The fourth-order valence-electron chi connectivity index (χ4n) is 3.05. The van der Waals surface area contributed by atoms with Crippen LogP contribution in [0.5, 0.6) is 0 Å². The Morgan fingerprint density at radius 3 is 2.85 bits per heavy atom. The van der Waals surface area contributed by atoms with Crippen molar-refractivity contribution in [2.75, 3.05) is 13.1 Å². The SMILES string of the molecule is CC(=O)N(CC1CCCN1Cc1noc(C)n1)C1CC1. The van der Waals surface area contributed by atoms with Gasteiger partial charge in [0.25, 0.3) is 0 Å². The van der Waals surface area contributed by atoms with Crippen LogP contribution in [0.1, 0.15) is 44.3 Å². The molecule has 1 unspecified atom stereocenters. The number of likely N-dealkylation sites (tertiary alicyclic amines) is 1. The molecule has 0 spiro atoms. The summed E-state index contributed by atoms with van der Waals surface area (Å²) in [7, 11) is 0. The van der Waals surface area contributed by atoms with Gasteiger partial charge in [-0.3, -0.25) is 9.69 Å². The van der Waals surface area contributed by atoms with E-state index in [0.29, 0.717) is 18.0 Å². The van der Waals surface area contributed by atoms with Crippen molar-refractivity contribution in [3.05, 3.63) is 11.7 Å². The van der Waals surface area contributed by atoms with Crippen molar-refractivity contribution in [2.24, 2.45) is 0 Å². The topological polar surface area (TPSA) is 62.5 Å². The zero-order valence-electron chi connectivity index (χ0n) is 12.2. The lowest BCUT2D eigenvalue weighted by molar-refractivity contribution is -0.130. The first-order valence-corrected chi connectivity index (χ1v) is 7.44. The van der Waals surface area contributed by atoms with Gasteiger partial charge in [-0.05, 0) is 32.2 Å². The van der Waals surface area contributed by atoms with Crippen LogP contribution < -0.4 is 0 Å². The second-order valence-corrected chi connectivity index (χ2v) is 5.90. The molecular formula is C14H22N4O2. The minimum atomic E-state index is 0.203. The molecule has 6 nitrogen and oxygen atoms in total. The van der Waals surface area contributed by atoms with Gasteiger partial charge in [0.05, 0.1) is 6.54 Å². The molecular weight excluding hydrogens is 256 g/mol. The first kappa shape index (κ1) is 13.5. The Morgan fingerprint density at radius 2 is 2.25 bits per heavy atom. The number of carbonyl (C=O) groups excluding carboxylic acids is 1. The fourth-order valence-corrected chi connectivity index (χ4v) is 3.05. The van der Waals surface area contributed by atoms with Crippen LogP contribution in [0.3, 0.4) is 0 Å². The maximum atomic E-state index is 11.7. The van der Waals surface area contributed by atoms with Crippen LogP contribution >= 0.6 is 0 Å². The highest BCUT2D eigenvalue weighted by atomic mass is 16.5. The van der Waals surface area contributed by atoms with Crippen LogP contribution in [0.2, 0.25) is 0 Å². The van der Waals surface area contributed by atoms with Gasteiger partial charge in [-0.25, -0.2) is 0 Å². The van der Waals surface area contributed by atoms with Gasteiger partial charge in [-0.15, -0.1) is 0 Å². The van der Waals surface area contributed by atoms with Crippen molar-refractivity contribution in [2.45, 2.75) is 58.2 Å². The van der Waals surface area contributed by atoms with E-state index in [2.05, 4.69) is 15.0 Å². The molecule has 1 saturated carbocycles. The highest BCUT2D eigenvalue weighted by molar-refractivity contribution is 5.74. The second-order valence-electron chi connectivity index (χ2n) is 5.90. The van der Waals surface area contributed by atoms with Crippen molar-refractivity contribution in [1.29, 1.82) is 0 Å². The minimum Gasteiger partial charge on any atom is -0.340 e. The van der Waals surface area contributed by atoms with Gasteiger partial charge < -0.3 is 9.42 Å². The van der Waals surface area contributed by atoms with E-state index in [1.807, 2.05) is 11.8 Å². The lowest BCUT2D eigenvalue weighted by Crippen LogP contribution is -2.43. The third-order valence-electron chi connectivity index (χ3n) is 4.21. The summed E-state index contributed by atoms with van der Waals surface area (Å²) in [5, 5.41) is 3.97. The Hall–Kier alpha value is -1.43. The van der Waals surface area contributed by atoms with E-state index in [1.165, 1.54) is 6.42 Å². The summed E-state index contributed by atoms with van der Waals surface area (Å²) in [6.45, 7) is 6.10. The molecule has 0 bridgehead atoms. The molecule has 110 valence electrons. The van der Waals surface area contributed by atoms with Crippen LogP contribution in [0.4, 0.5) is 0 Å². The molecule has 0 aromatic carbocycles. The summed E-state index contributed by atoms with van der Waals surface area (Å²) < 4.78 is 5.03. The van der Waals surface area contributed by atoms with Gasteiger partial charge in [-0.1, -0.05) is 5.16 Å². The first-order valence-electron chi connectivity index (χ1n) is 7.44. The molecule has 2 fully saturated rings. The van der Waals surface area contributed by atoms with Crippen molar-refractivity contribution in [1.82, 2.24) is 19.9 Å². The van der Waals surface area contributed by atoms with Crippen LogP contribution in [0, 0.1) is 6.92 Å². The third-order valence-corrected chi connectivity index (χ3v) is 4.21. The Kier molecular flexibility index (Phi) is 3.74. The Bertz CT molecular complexity index is 483. The molecule has 1 aliphatic heterocycles. The zero-order chi connectivity index (χ0) is 14.1. The number of carbonyl (C=O) groups is 1. The average Bonchev–Trinajstić information content (AvgIpc) is 3.02. The van der Waals surface area contributed by atoms with Gasteiger partial charge in [0.1, 0.15) is 0 Å². The summed E-state index contributed by atoms with van der Waals surface area (Å²) in [5.41, 5.74) is 0. The van der Waals surface area contributed by atoms with Crippen molar-refractivity contribution in [3.63, 3.8) is 0 Å². The Labute approximate surface area is 119 Å². The predicted octanol–water partition coefficient (Wildman–Crippen LogP) is 1.35. The average molecular weight is 278 g/mol. The molecule has 1 amide bonds. The third kappa shape index (κ3) is 3.00. The number of aryl methyl sites for hydroxylation is 1. The summed E-state index contributed by atoms with van der Waals surface area (Å²) in [6.07, 6.45) is 4.65. The van der Waals surface area contributed by atoms with Gasteiger partial charge >= 0.3 is 0 Å². The maximum Gasteiger partial charge on any atom is 0.223 e. The second kappa shape index (κ2) is 5.52. The molecule has 1 aliphatic carbocycles. The van der Waals surface area contributed by atoms with Crippen LogP contribution in [-0.2, 0) is 11.3 Å². The molecule has 1 saturated heterocycles. The molecule has 20 heavy (non-hydrogen) atoms. The standard InChI is InChI=1S/C14H22N4O2/c1-10-15-14(16-20-10)9-17-7-3-4-13(17)8-18(11(2)19)12-5-6-12/h12-13H,3-9H2,1-2H3. The van der Waals surface area contributed by atoms with E-state index in [-0.39, 0.29) is 5.91 Å². The van der Waals surface area contributed by atoms with Crippen LogP contribution in [-0.4, -0.2) is 51.0 Å². The highest BCUT2D eigenvalue weighted by Crippen LogP contribution is 2.29. The molecule has 2 heterocycles. The van der Waals surface area contributed by atoms with Gasteiger partial charge in [-0.2, -0.15) is 4.98 Å². The number of rotatable bonds is 5. The Balaban J connectivity index is 1.61. The molecule has 1 aromatic rings. The summed E-state index contributed by atoms with van der Waals surface area (Å²) in [5.74, 6) is 1.56. The van der Waals surface area contributed by atoms with E-state index in [4.69, 9.17) is 4.52 Å². The largest absolute Gasteiger partial charge is 0.340 e. The number of hydrogen-bond acceptors (Lipinski definition) is 5. The van der Waals surface area contributed by atoms with E-state index < -0.39 is 0 Å². The maximum absolute atomic E-state index is 11.7. The van der Waals surface area contributed by atoms with Crippen molar-refractivity contribution < 1.29 is 9.32 Å². The van der Waals surface area contributed by atoms with Gasteiger partial charge in [0.2, 0.25) is 11.8 Å².